The van der Waals surface area contributed by atoms with Gasteiger partial charge in [0.2, 0.25) is 0 Å². The van der Waals surface area contributed by atoms with Crippen molar-refractivity contribution in [2.75, 3.05) is 0 Å². The van der Waals surface area contributed by atoms with Gasteiger partial charge in [0.05, 0.1) is 69.7 Å². The molecule has 2 fully saturated rings. The molecule has 77 heavy (non-hydrogen) atoms. The van der Waals surface area contributed by atoms with E-state index in [9.17, 15) is 5.11 Å². The van der Waals surface area contributed by atoms with Crippen molar-refractivity contribution in [3.63, 3.8) is 0 Å². The Morgan fingerprint density at radius 1 is 0.377 bits per heavy atom. The number of hydrogen-bond acceptors (Lipinski definition) is 8. The number of hydrogen-bond donors (Lipinski definition) is 1. The van der Waals surface area contributed by atoms with E-state index < -0.39 is 22.7 Å². The highest BCUT2D eigenvalue weighted by atomic mass is 79.9. The first-order valence-corrected chi connectivity index (χ1v) is 34.6. The Kier molecular flexibility index (Phi) is 24.6. The lowest BCUT2D eigenvalue weighted by molar-refractivity contribution is -0.186. The molecular weight excluding hydrogens is 1060 g/mol. The molecule has 8 nitrogen and oxygen atoms in total. The molecule has 0 spiro atoms. The molecule has 6 aromatic rings. The van der Waals surface area contributed by atoms with Gasteiger partial charge in [-0.1, -0.05) is 239 Å². The Hall–Kier alpha value is -4.09. The monoisotopic (exact) mass is 1140 g/mol. The number of aliphatic hydroxyl groups excluding tert-OH is 1. The first-order chi connectivity index (χ1) is 36.8. The first kappa shape index (κ1) is 62.1. The Bertz CT molecular complexity index is 2460. The predicted octanol–water partition coefficient (Wildman–Crippen LogP) is 16.2. The van der Waals surface area contributed by atoms with Crippen LogP contribution in [0.25, 0.3) is 0 Å². The minimum atomic E-state index is -1.97. The standard InChI is InChI=1S/C33H44O4Si.C26H38O4Si.C7H7Br/c1-33(2,3)38(4,5)37-29-21-30(34-23-26-15-9-6-10-16-26)32(36-25-28-19-13-8-14-20-28)31(22-29)35-24-27-17-11-7-12-18-27;1-26(2,3)31(4,5)30-22-16-23(27)25(29-19-21-14-10-7-11-15-21)24(17-22)28-18-20-12-8-6-9-13-20;8-6-7-4-2-1-3-5-7/h6-20,29-32H,21-25H2,1-5H3;6-15,22-25,27H,16-19H2,1-5H3;1-5H,6H2. The second-order valence-corrected chi connectivity index (χ2v) is 33.7. The van der Waals surface area contributed by atoms with Gasteiger partial charge in [0.25, 0.3) is 0 Å². The Morgan fingerprint density at radius 2 is 0.623 bits per heavy atom. The largest absolute Gasteiger partial charge is 0.414 e. The highest BCUT2D eigenvalue weighted by Gasteiger charge is 2.47. The molecule has 2 saturated carbocycles. The van der Waals surface area contributed by atoms with E-state index >= 15 is 0 Å². The Morgan fingerprint density at radius 3 is 0.896 bits per heavy atom. The lowest BCUT2D eigenvalue weighted by Gasteiger charge is -2.45. The van der Waals surface area contributed by atoms with Crippen LogP contribution in [0.2, 0.25) is 36.3 Å². The molecule has 0 aliphatic heterocycles. The summed E-state index contributed by atoms with van der Waals surface area (Å²) in [5, 5.41) is 12.2. The molecule has 0 aromatic heterocycles. The maximum absolute atomic E-state index is 11.0. The van der Waals surface area contributed by atoms with Crippen LogP contribution in [0.1, 0.15) is 101 Å². The third-order valence-electron chi connectivity index (χ3n) is 15.5. The fourth-order valence-electron chi connectivity index (χ4n) is 9.00. The number of alkyl halides is 1. The quantitative estimate of drug-likeness (QED) is 0.0598. The molecule has 0 amide bonds. The third kappa shape index (κ3) is 20.5. The van der Waals surface area contributed by atoms with Crippen LogP contribution in [0.3, 0.4) is 0 Å². The first-order valence-electron chi connectivity index (χ1n) is 27.7. The van der Waals surface area contributed by atoms with Crippen LogP contribution in [0.15, 0.2) is 182 Å². The highest BCUT2D eigenvalue weighted by Crippen LogP contribution is 2.42. The summed E-state index contributed by atoms with van der Waals surface area (Å²) in [6, 6.07) is 61.6. The second-order valence-electron chi connectivity index (χ2n) is 23.7. The molecule has 1 N–H and O–H groups in total. The van der Waals surface area contributed by atoms with Gasteiger partial charge in [-0.25, -0.2) is 0 Å². The van der Waals surface area contributed by atoms with Crippen LogP contribution < -0.4 is 0 Å². The molecule has 0 saturated heterocycles. The number of benzene rings is 6. The molecule has 6 unspecified atom stereocenters. The predicted molar refractivity (Wildman–Crippen MR) is 323 cm³/mol. The van der Waals surface area contributed by atoms with Crippen molar-refractivity contribution in [2.24, 2.45) is 0 Å². The van der Waals surface area contributed by atoms with Crippen molar-refractivity contribution >= 4 is 32.6 Å². The van der Waals surface area contributed by atoms with Gasteiger partial charge in [0.15, 0.2) is 16.6 Å². The molecule has 2 aliphatic rings. The summed E-state index contributed by atoms with van der Waals surface area (Å²) >= 11 is 3.36. The summed E-state index contributed by atoms with van der Waals surface area (Å²) in [6.07, 6.45) is 1.27. The van der Waals surface area contributed by atoms with Crippen molar-refractivity contribution < 1.29 is 37.6 Å². The minimum Gasteiger partial charge on any atom is -0.414 e. The van der Waals surface area contributed by atoms with Gasteiger partial charge in [0.1, 0.15) is 12.2 Å². The van der Waals surface area contributed by atoms with Crippen LogP contribution in [0, 0.1) is 0 Å². The maximum atomic E-state index is 11.0. The van der Waals surface area contributed by atoms with Crippen LogP contribution >= 0.6 is 15.9 Å². The van der Waals surface area contributed by atoms with Crippen LogP contribution in [0.5, 0.6) is 0 Å². The van der Waals surface area contributed by atoms with E-state index in [2.05, 4.69) is 181 Å². The zero-order valence-electron chi connectivity index (χ0n) is 47.7. The second kappa shape index (κ2) is 30.5. The van der Waals surface area contributed by atoms with E-state index in [1.165, 1.54) is 5.56 Å². The third-order valence-corrected chi connectivity index (χ3v) is 25.2. The van der Waals surface area contributed by atoms with E-state index in [-0.39, 0.29) is 52.8 Å². The highest BCUT2D eigenvalue weighted by molar-refractivity contribution is 9.08. The number of halogens is 1. The fraction of sp³-hybridized carbons (Fsp3) is 0.455. The van der Waals surface area contributed by atoms with Gasteiger partial charge in [-0.3, -0.25) is 0 Å². The molecule has 6 aromatic carbocycles. The van der Waals surface area contributed by atoms with E-state index in [1.54, 1.807) is 0 Å². The molecule has 416 valence electrons. The Labute approximate surface area is 473 Å². The summed E-state index contributed by atoms with van der Waals surface area (Å²) in [5.74, 6) is 0. The lowest BCUT2D eigenvalue weighted by Crippen LogP contribution is -2.54. The molecule has 6 atom stereocenters. The number of aliphatic hydroxyl groups is 1. The van der Waals surface area contributed by atoms with E-state index in [4.69, 9.17) is 32.5 Å². The smallest absolute Gasteiger partial charge is 0.192 e. The summed E-state index contributed by atoms with van der Waals surface area (Å²) in [7, 11) is -3.91. The molecule has 11 heteroatoms. The van der Waals surface area contributed by atoms with Gasteiger partial charge in [-0.2, -0.15) is 0 Å². The lowest BCUT2D eigenvalue weighted by atomic mass is 9.89. The van der Waals surface area contributed by atoms with Crippen molar-refractivity contribution in [2.45, 2.75) is 191 Å². The normalized spacial score (nSPS) is 22.0. The average Bonchev–Trinajstić information content (AvgIpc) is 3.42. The topological polar surface area (TPSA) is 84.8 Å². The zero-order valence-corrected chi connectivity index (χ0v) is 51.3. The molecule has 2 aliphatic carbocycles. The summed E-state index contributed by atoms with van der Waals surface area (Å²) in [5.41, 5.74) is 7.00. The average molecular weight is 1150 g/mol. The van der Waals surface area contributed by atoms with Crippen molar-refractivity contribution in [3.05, 3.63) is 215 Å². The molecule has 0 bridgehead atoms. The van der Waals surface area contributed by atoms with E-state index in [0.29, 0.717) is 39.5 Å². The van der Waals surface area contributed by atoms with Gasteiger partial charge in [-0.15, -0.1) is 0 Å². The molecule has 0 radical (unpaired) electrons. The van der Waals surface area contributed by atoms with Crippen molar-refractivity contribution in [1.82, 2.24) is 0 Å². The minimum absolute atomic E-state index is 0.0201. The van der Waals surface area contributed by atoms with Crippen LogP contribution in [-0.2, 0) is 70.9 Å². The SMILES string of the molecule is BrCc1ccccc1.CC(C)(C)[Si](C)(C)OC1CC(O)C(OCc2ccccc2)C(OCc2ccccc2)C1.CC(C)(C)[Si](C)(C)OC1CC(OCc2ccccc2)C(OCc2ccccc2)C(OCc2ccccc2)C1. The van der Waals surface area contributed by atoms with Crippen molar-refractivity contribution in [1.29, 1.82) is 0 Å². The van der Waals surface area contributed by atoms with Crippen LogP contribution in [-0.4, -0.2) is 70.6 Å². The van der Waals surface area contributed by atoms with Crippen molar-refractivity contribution in [3.8, 4) is 0 Å². The molecule has 8 rings (SSSR count). The van der Waals surface area contributed by atoms with Gasteiger partial charge < -0.3 is 37.6 Å². The summed E-state index contributed by atoms with van der Waals surface area (Å²) in [6.45, 7) is 25.3. The zero-order chi connectivity index (χ0) is 55.3. The maximum Gasteiger partial charge on any atom is 0.192 e. The molecule has 0 heterocycles. The van der Waals surface area contributed by atoms with Gasteiger partial charge in [-0.05, 0) is 69.6 Å². The number of ether oxygens (including phenoxy) is 5. The van der Waals surface area contributed by atoms with E-state index in [1.807, 2.05) is 84.9 Å². The summed E-state index contributed by atoms with van der Waals surface area (Å²) < 4.78 is 46.0. The van der Waals surface area contributed by atoms with Gasteiger partial charge >= 0.3 is 0 Å². The Balaban J connectivity index is 0.000000221. The van der Waals surface area contributed by atoms with E-state index in [0.717, 1.165) is 52.4 Å². The molecular formula is C66H89BrO8Si2. The fourth-order valence-corrected chi connectivity index (χ4v) is 12.1. The van der Waals surface area contributed by atoms with Gasteiger partial charge in [0, 0.05) is 31.0 Å². The number of rotatable bonds is 20. The van der Waals surface area contributed by atoms with Crippen LogP contribution in [0.4, 0.5) is 0 Å². The summed E-state index contributed by atoms with van der Waals surface area (Å²) in [4.78, 5) is 0.